The zero-order chi connectivity index (χ0) is 17.9. The standard InChI is InChI=1S/C19H23N5OS/c1-14-20-8-11-23(14)10-7-16-4-2-3-9-24(16)19(25)22-15-5-6-18-17(12-15)21-13-26-18/h5-6,8,11-13,16H,2-4,7,9-10H2,1H3,(H,22,25)/t16-/m0/s1. The van der Waals surface area contributed by atoms with Gasteiger partial charge in [-0.15, -0.1) is 11.3 Å². The Kier molecular flexibility index (Phi) is 4.88. The van der Waals surface area contributed by atoms with Gasteiger partial charge in [-0.1, -0.05) is 0 Å². The molecule has 0 spiro atoms. The molecule has 0 aliphatic carbocycles. The topological polar surface area (TPSA) is 63.1 Å². The summed E-state index contributed by atoms with van der Waals surface area (Å²) in [7, 11) is 0. The molecule has 1 aromatic carbocycles. The normalized spacial score (nSPS) is 17.6. The molecule has 0 unspecified atom stereocenters. The zero-order valence-electron chi connectivity index (χ0n) is 14.9. The summed E-state index contributed by atoms with van der Waals surface area (Å²) in [5, 5.41) is 3.06. The summed E-state index contributed by atoms with van der Waals surface area (Å²) >= 11 is 1.61. The van der Waals surface area contributed by atoms with Gasteiger partial charge in [-0.3, -0.25) is 0 Å². The van der Waals surface area contributed by atoms with Gasteiger partial charge >= 0.3 is 6.03 Å². The lowest BCUT2D eigenvalue weighted by atomic mass is 9.99. The van der Waals surface area contributed by atoms with Crippen molar-refractivity contribution in [3.05, 3.63) is 41.9 Å². The highest BCUT2D eigenvalue weighted by molar-refractivity contribution is 7.16. The summed E-state index contributed by atoms with van der Waals surface area (Å²) < 4.78 is 3.29. The average molecular weight is 369 g/mol. The van der Waals surface area contributed by atoms with E-state index in [9.17, 15) is 4.79 Å². The molecule has 2 amide bonds. The fraction of sp³-hybridized carbons (Fsp3) is 0.421. The summed E-state index contributed by atoms with van der Waals surface area (Å²) in [6, 6.07) is 6.17. The molecule has 1 aliphatic rings. The number of amides is 2. The number of carbonyl (C=O) groups is 1. The molecule has 1 N–H and O–H groups in total. The molecule has 1 fully saturated rings. The molecule has 7 heteroatoms. The third-order valence-electron chi connectivity index (χ3n) is 5.10. The Bertz CT molecular complexity index is 902. The molecule has 3 heterocycles. The van der Waals surface area contributed by atoms with Gasteiger partial charge < -0.3 is 14.8 Å². The number of anilines is 1. The van der Waals surface area contributed by atoms with Gasteiger partial charge in [-0.05, 0) is 50.8 Å². The van der Waals surface area contributed by atoms with E-state index in [2.05, 4.69) is 19.9 Å². The van der Waals surface area contributed by atoms with E-state index in [0.29, 0.717) is 0 Å². The van der Waals surface area contributed by atoms with Crippen LogP contribution in [0.15, 0.2) is 36.1 Å². The Hall–Kier alpha value is -2.41. The van der Waals surface area contributed by atoms with Crippen molar-refractivity contribution in [3.8, 4) is 0 Å². The minimum atomic E-state index is -0.00775. The second kappa shape index (κ2) is 7.45. The van der Waals surface area contributed by atoms with E-state index in [4.69, 9.17) is 0 Å². The molecule has 0 bridgehead atoms. The highest BCUT2D eigenvalue weighted by Gasteiger charge is 2.26. The Morgan fingerprint density at radius 1 is 1.35 bits per heavy atom. The molecular weight excluding hydrogens is 346 g/mol. The van der Waals surface area contributed by atoms with Crippen LogP contribution in [-0.2, 0) is 6.54 Å². The van der Waals surface area contributed by atoms with Crippen LogP contribution in [0.5, 0.6) is 0 Å². The van der Waals surface area contributed by atoms with Crippen molar-refractivity contribution < 1.29 is 4.79 Å². The molecule has 0 saturated carbocycles. The van der Waals surface area contributed by atoms with Gasteiger partial charge in [-0.2, -0.15) is 0 Å². The van der Waals surface area contributed by atoms with E-state index in [1.807, 2.05) is 47.9 Å². The average Bonchev–Trinajstić information content (AvgIpc) is 3.28. The maximum absolute atomic E-state index is 12.9. The molecule has 3 aromatic rings. The second-order valence-corrected chi connectivity index (χ2v) is 7.65. The van der Waals surface area contributed by atoms with Gasteiger partial charge in [0.05, 0.1) is 15.7 Å². The van der Waals surface area contributed by atoms with E-state index in [-0.39, 0.29) is 12.1 Å². The summed E-state index contributed by atoms with van der Waals surface area (Å²) in [4.78, 5) is 23.5. The van der Waals surface area contributed by atoms with Gasteiger partial charge in [0.2, 0.25) is 0 Å². The van der Waals surface area contributed by atoms with Crippen molar-refractivity contribution in [2.24, 2.45) is 0 Å². The van der Waals surface area contributed by atoms with Crippen molar-refractivity contribution in [3.63, 3.8) is 0 Å². The molecule has 136 valence electrons. The predicted octanol–water partition coefficient (Wildman–Crippen LogP) is 4.28. The highest BCUT2D eigenvalue weighted by atomic mass is 32.1. The molecule has 0 radical (unpaired) electrons. The number of nitrogens with zero attached hydrogens (tertiary/aromatic N) is 4. The summed E-state index contributed by atoms with van der Waals surface area (Å²) in [5.74, 6) is 1.02. The number of aryl methyl sites for hydroxylation is 2. The lowest BCUT2D eigenvalue weighted by Crippen LogP contribution is -2.46. The number of urea groups is 1. The SMILES string of the molecule is Cc1nccn1CC[C@@H]1CCCCN1C(=O)Nc1ccc2scnc2c1. The van der Waals surface area contributed by atoms with Crippen molar-refractivity contribution >= 4 is 33.3 Å². The molecule has 6 nitrogen and oxygen atoms in total. The van der Waals surface area contributed by atoms with Gasteiger partial charge in [0.15, 0.2) is 0 Å². The number of hydrogen-bond acceptors (Lipinski definition) is 4. The van der Waals surface area contributed by atoms with E-state index in [1.54, 1.807) is 11.3 Å². The fourth-order valence-electron chi connectivity index (χ4n) is 3.63. The van der Waals surface area contributed by atoms with Gasteiger partial charge in [0, 0.05) is 37.2 Å². The van der Waals surface area contributed by atoms with Gasteiger partial charge in [-0.25, -0.2) is 14.8 Å². The molecule has 1 saturated heterocycles. The fourth-order valence-corrected chi connectivity index (χ4v) is 4.29. The molecule has 1 aliphatic heterocycles. The first kappa shape index (κ1) is 17.0. The molecule has 1 atom stereocenters. The number of imidazole rings is 1. The minimum Gasteiger partial charge on any atom is -0.335 e. The maximum Gasteiger partial charge on any atom is 0.322 e. The van der Waals surface area contributed by atoms with Gasteiger partial charge in [0.1, 0.15) is 5.82 Å². The number of hydrogen-bond donors (Lipinski definition) is 1. The van der Waals surface area contributed by atoms with E-state index in [1.165, 1.54) is 6.42 Å². The Morgan fingerprint density at radius 2 is 2.27 bits per heavy atom. The van der Waals surface area contributed by atoms with Crippen LogP contribution in [0.2, 0.25) is 0 Å². The van der Waals surface area contributed by atoms with Crippen LogP contribution >= 0.6 is 11.3 Å². The summed E-state index contributed by atoms with van der Waals surface area (Å²) in [6.07, 6.45) is 8.10. The number of carbonyl (C=O) groups excluding carboxylic acids is 1. The number of piperidine rings is 1. The molecule has 2 aromatic heterocycles. The van der Waals surface area contributed by atoms with Crippen LogP contribution < -0.4 is 5.32 Å². The van der Waals surface area contributed by atoms with Crippen LogP contribution in [0.3, 0.4) is 0 Å². The van der Waals surface area contributed by atoms with Crippen LogP contribution in [0, 0.1) is 6.92 Å². The maximum atomic E-state index is 12.9. The first-order valence-corrected chi connectivity index (χ1v) is 9.97. The number of rotatable bonds is 4. The first-order chi connectivity index (χ1) is 12.7. The number of likely N-dealkylation sites (tertiary alicyclic amines) is 1. The molecule has 4 rings (SSSR count). The van der Waals surface area contributed by atoms with Crippen LogP contribution in [0.4, 0.5) is 10.5 Å². The van der Waals surface area contributed by atoms with Crippen LogP contribution in [0.1, 0.15) is 31.5 Å². The monoisotopic (exact) mass is 369 g/mol. The Morgan fingerprint density at radius 3 is 3.12 bits per heavy atom. The van der Waals surface area contributed by atoms with E-state index in [0.717, 1.165) is 54.1 Å². The number of fused-ring (bicyclic) bond motifs is 1. The smallest absolute Gasteiger partial charge is 0.322 e. The van der Waals surface area contributed by atoms with Crippen LogP contribution in [0.25, 0.3) is 10.2 Å². The van der Waals surface area contributed by atoms with Crippen molar-refractivity contribution in [2.75, 3.05) is 11.9 Å². The Labute approximate surface area is 156 Å². The summed E-state index contributed by atoms with van der Waals surface area (Å²) in [5.41, 5.74) is 3.57. The van der Waals surface area contributed by atoms with Crippen molar-refractivity contribution in [1.82, 2.24) is 19.4 Å². The summed E-state index contributed by atoms with van der Waals surface area (Å²) in [6.45, 7) is 3.73. The van der Waals surface area contributed by atoms with E-state index < -0.39 is 0 Å². The van der Waals surface area contributed by atoms with E-state index >= 15 is 0 Å². The number of aromatic nitrogens is 3. The minimum absolute atomic E-state index is 0.00775. The molecular formula is C19H23N5OS. The number of benzene rings is 1. The second-order valence-electron chi connectivity index (χ2n) is 6.76. The third-order valence-corrected chi connectivity index (χ3v) is 5.91. The third kappa shape index (κ3) is 3.58. The van der Waals surface area contributed by atoms with Crippen molar-refractivity contribution in [1.29, 1.82) is 0 Å². The van der Waals surface area contributed by atoms with Gasteiger partial charge in [0.25, 0.3) is 0 Å². The Balaban J connectivity index is 1.42. The predicted molar refractivity (Wildman–Crippen MR) is 105 cm³/mol. The first-order valence-electron chi connectivity index (χ1n) is 9.09. The van der Waals surface area contributed by atoms with Crippen molar-refractivity contribution in [2.45, 2.75) is 45.2 Å². The highest BCUT2D eigenvalue weighted by Crippen LogP contribution is 2.24. The lowest BCUT2D eigenvalue weighted by molar-refractivity contribution is 0.155. The number of nitrogens with one attached hydrogen (secondary N) is 1. The lowest BCUT2D eigenvalue weighted by Gasteiger charge is -2.36. The number of thiazole rings is 1. The quantitative estimate of drug-likeness (QED) is 0.747. The largest absolute Gasteiger partial charge is 0.335 e. The van der Waals surface area contributed by atoms with Crippen LogP contribution in [-0.4, -0.2) is 38.1 Å². The molecule has 26 heavy (non-hydrogen) atoms. The zero-order valence-corrected chi connectivity index (χ0v) is 15.7.